The molecule has 0 saturated carbocycles. The fraction of sp³-hybridized carbons (Fsp3) is 0.900. The number of aliphatic carboxylic acids is 1. The van der Waals surface area contributed by atoms with Gasteiger partial charge in [-0.05, 0) is 38.0 Å². The molecular formula is C10H20BNO5. The molecule has 0 aromatic rings. The minimum atomic E-state index is -1.33. The van der Waals surface area contributed by atoms with E-state index in [1.165, 1.54) is 0 Å². The maximum atomic E-state index is 11.3. The number of carboxylic acid groups (broad SMARTS) is 1. The molecule has 0 spiro atoms. The molecular weight excluding hydrogens is 225 g/mol. The Labute approximate surface area is 101 Å². The smallest absolute Gasteiger partial charge is 0.451 e. The SMILES string of the molecule is O=C(O)C1(CCO)NCCC1CCCB(O)O. The van der Waals surface area contributed by atoms with Crippen molar-refractivity contribution in [3.8, 4) is 0 Å². The number of nitrogens with one attached hydrogen (secondary N) is 1. The third-order valence-corrected chi connectivity index (χ3v) is 3.53. The quantitative estimate of drug-likeness (QED) is 0.370. The van der Waals surface area contributed by atoms with Gasteiger partial charge in [0.15, 0.2) is 0 Å². The molecule has 6 nitrogen and oxygen atoms in total. The molecule has 5 N–H and O–H groups in total. The Morgan fingerprint density at radius 2 is 2.18 bits per heavy atom. The monoisotopic (exact) mass is 245 g/mol. The highest BCUT2D eigenvalue weighted by Gasteiger charge is 2.48. The molecule has 1 fully saturated rings. The van der Waals surface area contributed by atoms with Crippen LogP contribution >= 0.6 is 0 Å². The second-order valence-electron chi connectivity index (χ2n) is 4.57. The minimum absolute atomic E-state index is 0.0640. The van der Waals surface area contributed by atoms with Crippen LogP contribution in [0.5, 0.6) is 0 Å². The first-order chi connectivity index (χ1) is 8.03. The summed E-state index contributed by atoms with van der Waals surface area (Å²) in [7, 11) is -1.33. The number of hydrogen-bond donors (Lipinski definition) is 5. The fourth-order valence-electron chi connectivity index (χ4n) is 2.62. The van der Waals surface area contributed by atoms with E-state index in [2.05, 4.69) is 5.32 Å². The zero-order valence-corrected chi connectivity index (χ0v) is 9.80. The van der Waals surface area contributed by atoms with E-state index in [4.69, 9.17) is 15.2 Å². The number of aliphatic hydroxyl groups excluding tert-OH is 1. The molecule has 0 radical (unpaired) electrons. The fourth-order valence-corrected chi connectivity index (χ4v) is 2.62. The molecule has 1 saturated heterocycles. The van der Waals surface area contributed by atoms with Crippen molar-refractivity contribution in [2.75, 3.05) is 13.2 Å². The lowest BCUT2D eigenvalue weighted by Crippen LogP contribution is -2.52. The topological polar surface area (TPSA) is 110 Å². The van der Waals surface area contributed by atoms with Gasteiger partial charge in [0, 0.05) is 6.61 Å². The van der Waals surface area contributed by atoms with E-state index in [9.17, 15) is 9.90 Å². The predicted molar refractivity (Wildman–Crippen MR) is 62.4 cm³/mol. The van der Waals surface area contributed by atoms with Crippen molar-refractivity contribution in [3.63, 3.8) is 0 Å². The lowest BCUT2D eigenvalue weighted by molar-refractivity contribution is -0.147. The van der Waals surface area contributed by atoms with Crippen LogP contribution in [0.1, 0.15) is 25.7 Å². The van der Waals surface area contributed by atoms with E-state index < -0.39 is 18.6 Å². The van der Waals surface area contributed by atoms with E-state index in [-0.39, 0.29) is 25.3 Å². The lowest BCUT2D eigenvalue weighted by atomic mass is 9.76. The average molecular weight is 245 g/mol. The largest absolute Gasteiger partial charge is 0.480 e. The Hall–Kier alpha value is -0.625. The Morgan fingerprint density at radius 1 is 1.47 bits per heavy atom. The van der Waals surface area contributed by atoms with Crippen LogP contribution in [0, 0.1) is 5.92 Å². The molecule has 1 aliphatic heterocycles. The maximum Gasteiger partial charge on any atom is 0.451 e. The summed E-state index contributed by atoms with van der Waals surface area (Å²) in [5.74, 6) is -0.996. The molecule has 0 aliphatic carbocycles. The standard InChI is InChI=1S/C10H20BNO5/c13-7-4-10(9(14)15)8(3-6-12-10)2-1-5-11(16)17/h8,12-13,16-17H,1-7H2,(H,14,15). The molecule has 0 aromatic heterocycles. The summed E-state index contributed by atoms with van der Waals surface area (Å²) in [6.07, 6.45) is 2.38. The van der Waals surface area contributed by atoms with Crippen LogP contribution in [0.4, 0.5) is 0 Å². The van der Waals surface area contributed by atoms with Crippen molar-refractivity contribution >= 4 is 13.1 Å². The van der Waals surface area contributed by atoms with Gasteiger partial charge in [-0.15, -0.1) is 0 Å². The molecule has 1 rings (SSSR count). The average Bonchev–Trinajstić information content (AvgIpc) is 2.63. The van der Waals surface area contributed by atoms with Crippen molar-refractivity contribution in [3.05, 3.63) is 0 Å². The van der Waals surface area contributed by atoms with Crippen molar-refractivity contribution in [2.45, 2.75) is 37.5 Å². The lowest BCUT2D eigenvalue weighted by Gasteiger charge is -2.30. The number of aliphatic hydroxyl groups is 1. The Bertz CT molecular complexity index is 263. The van der Waals surface area contributed by atoms with E-state index in [1.54, 1.807) is 0 Å². The Kier molecular flexibility index (Phi) is 5.39. The zero-order chi connectivity index (χ0) is 12.9. The summed E-state index contributed by atoms with van der Waals surface area (Å²) in [4.78, 5) is 11.3. The van der Waals surface area contributed by atoms with E-state index >= 15 is 0 Å². The molecule has 0 aromatic carbocycles. The molecule has 1 heterocycles. The van der Waals surface area contributed by atoms with Gasteiger partial charge in [-0.25, -0.2) is 0 Å². The number of rotatable bonds is 7. The summed E-state index contributed by atoms with van der Waals surface area (Å²) in [6, 6.07) is 0. The molecule has 0 amide bonds. The third-order valence-electron chi connectivity index (χ3n) is 3.53. The second-order valence-corrected chi connectivity index (χ2v) is 4.57. The maximum absolute atomic E-state index is 11.3. The molecule has 7 heteroatoms. The molecule has 1 aliphatic rings. The Morgan fingerprint density at radius 3 is 2.71 bits per heavy atom. The molecule has 0 bridgehead atoms. The third kappa shape index (κ3) is 3.42. The van der Waals surface area contributed by atoms with Crippen LogP contribution < -0.4 is 5.32 Å². The molecule has 2 unspecified atom stereocenters. The van der Waals surface area contributed by atoms with Gasteiger partial charge < -0.3 is 25.6 Å². The van der Waals surface area contributed by atoms with Crippen LogP contribution in [0.3, 0.4) is 0 Å². The Balaban J connectivity index is 2.59. The first-order valence-corrected chi connectivity index (χ1v) is 5.98. The highest BCUT2D eigenvalue weighted by Crippen LogP contribution is 2.34. The van der Waals surface area contributed by atoms with Crippen LogP contribution in [0.15, 0.2) is 0 Å². The van der Waals surface area contributed by atoms with Crippen LogP contribution in [-0.4, -0.2) is 52.0 Å². The van der Waals surface area contributed by atoms with Gasteiger partial charge in [-0.1, -0.05) is 6.42 Å². The zero-order valence-electron chi connectivity index (χ0n) is 9.80. The number of carbonyl (C=O) groups is 1. The summed E-state index contributed by atoms with van der Waals surface area (Å²) >= 11 is 0. The highest BCUT2D eigenvalue weighted by atomic mass is 16.4. The van der Waals surface area contributed by atoms with Gasteiger partial charge in [-0.3, -0.25) is 4.79 Å². The van der Waals surface area contributed by atoms with Crippen LogP contribution in [0.2, 0.25) is 6.32 Å². The first-order valence-electron chi connectivity index (χ1n) is 5.98. The van der Waals surface area contributed by atoms with E-state index in [0.29, 0.717) is 19.4 Å². The molecule has 98 valence electrons. The normalized spacial score (nSPS) is 28.3. The van der Waals surface area contributed by atoms with Gasteiger partial charge >= 0.3 is 13.1 Å². The highest BCUT2D eigenvalue weighted by molar-refractivity contribution is 6.40. The predicted octanol–water partition coefficient (Wildman–Crippen LogP) is -0.945. The van der Waals surface area contributed by atoms with Crippen molar-refractivity contribution in [1.82, 2.24) is 5.32 Å². The van der Waals surface area contributed by atoms with E-state index in [0.717, 1.165) is 6.42 Å². The van der Waals surface area contributed by atoms with Gasteiger partial charge in [-0.2, -0.15) is 0 Å². The van der Waals surface area contributed by atoms with Crippen LogP contribution in [0.25, 0.3) is 0 Å². The van der Waals surface area contributed by atoms with E-state index in [1.807, 2.05) is 0 Å². The summed E-state index contributed by atoms with van der Waals surface area (Å²) in [5.41, 5.74) is -1.05. The van der Waals surface area contributed by atoms with Gasteiger partial charge in [0.05, 0.1) is 0 Å². The molecule has 17 heavy (non-hydrogen) atoms. The van der Waals surface area contributed by atoms with Crippen molar-refractivity contribution in [2.24, 2.45) is 5.92 Å². The summed E-state index contributed by atoms with van der Waals surface area (Å²) in [6.45, 7) is 0.455. The minimum Gasteiger partial charge on any atom is -0.480 e. The first kappa shape index (κ1) is 14.4. The number of hydrogen-bond acceptors (Lipinski definition) is 5. The van der Waals surface area contributed by atoms with Gasteiger partial charge in [0.2, 0.25) is 0 Å². The van der Waals surface area contributed by atoms with Gasteiger partial charge in [0.25, 0.3) is 0 Å². The number of carboxylic acids is 1. The van der Waals surface area contributed by atoms with Crippen molar-refractivity contribution < 1.29 is 25.1 Å². The van der Waals surface area contributed by atoms with Crippen LogP contribution in [-0.2, 0) is 4.79 Å². The summed E-state index contributed by atoms with van der Waals surface area (Å²) < 4.78 is 0. The van der Waals surface area contributed by atoms with Gasteiger partial charge in [0.1, 0.15) is 5.54 Å². The summed E-state index contributed by atoms with van der Waals surface area (Å²) in [5, 5.41) is 38.8. The second kappa shape index (κ2) is 6.35. The molecule has 2 atom stereocenters. The van der Waals surface area contributed by atoms with Crippen molar-refractivity contribution in [1.29, 1.82) is 0 Å².